The van der Waals surface area contributed by atoms with E-state index in [9.17, 15) is 5.11 Å². The maximum absolute atomic E-state index is 11.1. The normalized spacial score (nSPS) is 9.17. The van der Waals surface area contributed by atoms with E-state index in [1.165, 1.54) is 0 Å². The molecular formula is C31H28Fe3O. The van der Waals surface area contributed by atoms with Gasteiger partial charge in [-0.1, -0.05) is 0 Å². The molecule has 0 unspecified atom stereocenters. The van der Waals surface area contributed by atoms with Crippen LogP contribution in [0.15, 0.2) is 164 Å². The van der Waals surface area contributed by atoms with Gasteiger partial charge in [0.25, 0.3) is 0 Å². The van der Waals surface area contributed by atoms with E-state index in [1.54, 1.807) is 0 Å². The van der Waals surface area contributed by atoms with Crippen molar-refractivity contribution in [2.45, 2.75) is 5.60 Å². The van der Waals surface area contributed by atoms with Gasteiger partial charge in [-0.25, -0.2) is 72.8 Å². The molecular weight excluding hydrogens is 556 g/mol. The molecule has 182 valence electrons. The van der Waals surface area contributed by atoms with Crippen molar-refractivity contribution in [3.8, 4) is 0 Å². The Bertz CT molecular complexity index is 901. The molecule has 4 heteroatoms. The first kappa shape index (κ1) is 32.6. The first-order valence-electron chi connectivity index (χ1n) is 10.7. The standard InChI is InChI=1S/C16H13O.3C5H5.3Fe/c17-16(13-7-1-2-8-13,14-9-3-4-10-14)15-11-5-6-12-15;3*1-2-4-5-3-1;;;/h1-12,17H;3*1-5H;;;/q-3;3*-1;3*+2. The van der Waals surface area contributed by atoms with Gasteiger partial charge in [0.2, 0.25) is 0 Å². The molecule has 6 aromatic rings. The Morgan fingerprint density at radius 1 is 0.371 bits per heavy atom. The summed E-state index contributed by atoms with van der Waals surface area (Å²) in [5.74, 6) is 0. The molecule has 6 rings (SSSR count). The second-order valence-electron chi connectivity index (χ2n) is 7.12. The van der Waals surface area contributed by atoms with E-state index in [2.05, 4.69) is 0 Å². The van der Waals surface area contributed by atoms with Crippen molar-refractivity contribution in [2.75, 3.05) is 0 Å². The van der Waals surface area contributed by atoms with Gasteiger partial charge in [0.15, 0.2) is 0 Å². The van der Waals surface area contributed by atoms with Crippen LogP contribution in [-0.2, 0) is 56.8 Å². The van der Waals surface area contributed by atoms with Gasteiger partial charge in [0, 0.05) is 5.60 Å². The summed E-state index contributed by atoms with van der Waals surface area (Å²) in [6, 6.07) is 53.5. The van der Waals surface area contributed by atoms with Gasteiger partial charge >= 0.3 is 51.2 Å². The summed E-state index contributed by atoms with van der Waals surface area (Å²) in [5, 5.41) is 11.1. The van der Waals surface area contributed by atoms with Crippen LogP contribution in [0.5, 0.6) is 0 Å². The molecule has 0 atom stereocenters. The van der Waals surface area contributed by atoms with E-state index in [0.29, 0.717) is 0 Å². The zero-order valence-electron chi connectivity index (χ0n) is 19.1. The van der Waals surface area contributed by atoms with Gasteiger partial charge < -0.3 is 5.11 Å². The van der Waals surface area contributed by atoms with E-state index in [4.69, 9.17) is 0 Å². The van der Waals surface area contributed by atoms with Crippen molar-refractivity contribution in [1.82, 2.24) is 0 Å². The molecule has 0 aliphatic carbocycles. The second-order valence-corrected chi connectivity index (χ2v) is 7.12. The molecule has 0 saturated carbocycles. The predicted octanol–water partition coefficient (Wildman–Crippen LogP) is 7.34. The Morgan fingerprint density at radius 2 is 0.571 bits per heavy atom. The molecule has 0 radical (unpaired) electrons. The summed E-state index contributed by atoms with van der Waals surface area (Å²) < 4.78 is 0. The van der Waals surface area contributed by atoms with Crippen molar-refractivity contribution in [3.05, 3.63) is 180 Å². The van der Waals surface area contributed by atoms with E-state index < -0.39 is 5.60 Å². The van der Waals surface area contributed by atoms with Crippen LogP contribution in [-0.4, -0.2) is 5.11 Å². The van der Waals surface area contributed by atoms with Crippen LogP contribution in [0, 0.1) is 0 Å². The monoisotopic (exact) mass is 584 g/mol. The number of hydrogen-bond acceptors (Lipinski definition) is 1. The Kier molecular flexibility index (Phi) is 17.6. The quantitative estimate of drug-likeness (QED) is 0.171. The number of rotatable bonds is 3. The van der Waals surface area contributed by atoms with Crippen LogP contribution in [0.2, 0.25) is 0 Å². The summed E-state index contributed by atoms with van der Waals surface area (Å²) in [6.45, 7) is 0. The zero-order valence-corrected chi connectivity index (χ0v) is 22.4. The SMILES string of the molecule is OC([c-]1cccc1)([c-]1cccc1)[c-]1cccc1.[Fe+2].[Fe+2].[Fe+2].c1cc[cH-]c1.c1cc[cH-]c1.c1cc[cH-]c1. The van der Waals surface area contributed by atoms with Crippen molar-refractivity contribution in [2.24, 2.45) is 0 Å². The van der Waals surface area contributed by atoms with E-state index in [0.717, 1.165) is 16.7 Å². The average Bonchev–Trinajstić information content (AvgIpc) is 3.74. The summed E-state index contributed by atoms with van der Waals surface area (Å²) in [5.41, 5.74) is 1.70. The minimum atomic E-state index is -1.03. The third-order valence-corrected chi connectivity index (χ3v) is 4.91. The molecule has 0 amide bonds. The van der Waals surface area contributed by atoms with Crippen molar-refractivity contribution >= 4 is 0 Å². The molecule has 0 bridgehead atoms. The van der Waals surface area contributed by atoms with Crippen LogP contribution in [0.1, 0.15) is 16.7 Å². The molecule has 1 N–H and O–H groups in total. The Morgan fingerprint density at radius 3 is 0.714 bits per heavy atom. The zero-order chi connectivity index (χ0) is 22.3. The van der Waals surface area contributed by atoms with Crippen LogP contribution in [0.3, 0.4) is 0 Å². The second kappa shape index (κ2) is 18.9. The minimum Gasteiger partial charge on any atom is -0.413 e. The molecule has 35 heavy (non-hydrogen) atoms. The number of aliphatic hydroxyl groups is 1. The summed E-state index contributed by atoms with van der Waals surface area (Å²) >= 11 is 0. The molecule has 0 aromatic heterocycles. The fourth-order valence-corrected chi connectivity index (χ4v) is 3.31. The van der Waals surface area contributed by atoms with Crippen molar-refractivity contribution in [1.29, 1.82) is 0 Å². The van der Waals surface area contributed by atoms with Crippen LogP contribution in [0.25, 0.3) is 0 Å². The fourth-order valence-electron chi connectivity index (χ4n) is 3.31. The van der Waals surface area contributed by atoms with Crippen molar-refractivity contribution < 1.29 is 56.3 Å². The van der Waals surface area contributed by atoms with Crippen LogP contribution < -0.4 is 0 Å². The van der Waals surface area contributed by atoms with E-state index in [1.807, 2.05) is 164 Å². The van der Waals surface area contributed by atoms with Gasteiger partial charge in [-0.2, -0.15) is 91.0 Å². The largest absolute Gasteiger partial charge is 2.00 e. The van der Waals surface area contributed by atoms with E-state index in [-0.39, 0.29) is 51.2 Å². The molecule has 0 fully saturated rings. The maximum Gasteiger partial charge on any atom is 2.00 e. The van der Waals surface area contributed by atoms with Gasteiger partial charge in [-0.05, 0) is 0 Å². The Labute approximate surface area is 241 Å². The smallest absolute Gasteiger partial charge is 0.413 e. The molecule has 0 saturated heterocycles. The van der Waals surface area contributed by atoms with Crippen LogP contribution in [0.4, 0.5) is 0 Å². The summed E-state index contributed by atoms with van der Waals surface area (Å²) in [6.07, 6.45) is 0. The fraction of sp³-hybridized carbons (Fsp3) is 0.0323. The van der Waals surface area contributed by atoms with Gasteiger partial charge in [-0.15, -0.1) is 16.7 Å². The van der Waals surface area contributed by atoms with Gasteiger partial charge in [0.1, 0.15) is 0 Å². The third-order valence-electron chi connectivity index (χ3n) is 4.91. The summed E-state index contributed by atoms with van der Waals surface area (Å²) in [7, 11) is 0. The topological polar surface area (TPSA) is 20.2 Å². The third kappa shape index (κ3) is 10.4. The van der Waals surface area contributed by atoms with E-state index >= 15 is 0 Å². The Balaban J connectivity index is 0.000000529. The van der Waals surface area contributed by atoms with Crippen LogP contribution >= 0.6 is 0 Å². The van der Waals surface area contributed by atoms with Gasteiger partial charge in [-0.3, -0.25) is 0 Å². The first-order chi connectivity index (χ1) is 15.8. The molecule has 6 aromatic carbocycles. The number of hydrogen-bond donors (Lipinski definition) is 1. The molecule has 0 aliphatic heterocycles. The average molecular weight is 584 g/mol. The van der Waals surface area contributed by atoms with Gasteiger partial charge in [0.05, 0.1) is 0 Å². The summed E-state index contributed by atoms with van der Waals surface area (Å²) in [4.78, 5) is 0. The maximum atomic E-state index is 11.1. The predicted molar refractivity (Wildman–Crippen MR) is 134 cm³/mol. The molecule has 0 aliphatic rings. The molecule has 1 nitrogen and oxygen atoms in total. The minimum absolute atomic E-state index is 0. The van der Waals surface area contributed by atoms with Crippen molar-refractivity contribution in [3.63, 3.8) is 0 Å². The first-order valence-corrected chi connectivity index (χ1v) is 10.7. The molecule has 0 spiro atoms. The Hall–Kier alpha value is -2.38. The molecule has 0 heterocycles.